The molecule has 3 rings (SSSR count). The van der Waals surface area contributed by atoms with E-state index in [-0.39, 0.29) is 17.3 Å². The van der Waals surface area contributed by atoms with E-state index in [0.717, 1.165) is 0 Å². The molecule has 3 aromatic rings. The van der Waals surface area contributed by atoms with Crippen LogP contribution in [0.3, 0.4) is 0 Å². The maximum atomic E-state index is 13.6. The van der Waals surface area contributed by atoms with E-state index in [1.807, 2.05) is 0 Å². The maximum absolute atomic E-state index is 13.6. The summed E-state index contributed by atoms with van der Waals surface area (Å²) in [6.07, 6.45) is 1.78. The molecule has 2 aromatic heterocycles. The summed E-state index contributed by atoms with van der Waals surface area (Å²) in [6.45, 7) is 0. The smallest absolute Gasteiger partial charge is 0.243 e. The van der Waals surface area contributed by atoms with Crippen LogP contribution in [0.5, 0.6) is 5.88 Å². The second-order valence-corrected chi connectivity index (χ2v) is 6.35. The van der Waals surface area contributed by atoms with Crippen LogP contribution in [0.25, 0.3) is 11.4 Å². The zero-order valence-electron chi connectivity index (χ0n) is 14.4. The summed E-state index contributed by atoms with van der Waals surface area (Å²) in [5.41, 5.74) is 0.851. The third kappa shape index (κ3) is 3.69. The number of hydrogen-bond acceptors (Lipinski definition) is 6. The molecule has 136 valence electrons. The Balaban J connectivity index is 1.69. The topological polar surface area (TPSA) is 86.9 Å². The fourth-order valence-electron chi connectivity index (χ4n) is 2.33. The highest BCUT2D eigenvalue weighted by molar-refractivity contribution is 7.99. The lowest BCUT2D eigenvalue weighted by Gasteiger charge is -2.06. The summed E-state index contributed by atoms with van der Waals surface area (Å²) in [4.78, 5) is 12.0. The fourth-order valence-corrected chi connectivity index (χ4v) is 3.04. The molecule has 0 aliphatic rings. The lowest BCUT2D eigenvalue weighted by atomic mass is 10.3. The molecule has 0 bridgehead atoms. The van der Waals surface area contributed by atoms with Gasteiger partial charge in [-0.25, -0.2) is 4.39 Å². The van der Waals surface area contributed by atoms with Crippen molar-refractivity contribution in [3.05, 3.63) is 36.3 Å². The van der Waals surface area contributed by atoms with E-state index in [4.69, 9.17) is 4.74 Å². The van der Waals surface area contributed by atoms with Gasteiger partial charge in [0.15, 0.2) is 11.0 Å². The van der Waals surface area contributed by atoms with Gasteiger partial charge in [-0.15, -0.1) is 15.3 Å². The Morgan fingerprint density at radius 3 is 2.81 bits per heavy atom. The fraction of sp³-hybridized carbons (Fsp3) is 0.250. The maximum Gasteiger partial charge on any atom is 0.243 e. The molecule has 1 amide bonds. The molecule has 0 aliphatic carbocycles. The first-order valence-corrected chi connectivity index (χ1v) is 8.62. The normalized spacial score (nSPS) is 10.8. The van der Waals surface area contributed by atoms with Gasteiger partial charge in [0.1, 0.15) is 11.4 Å². The molecule has 0 aliphatic heterocycles. The number of rotatable bonds is 6. The second kappa shape index (κ2) is 7.56. The van der Waals surface area contributed by atoms with E-state index >= 15 is 0 Å². The van der Waals surface area contributed by atoms with Crippen LogP contribution in [0.1, 0.15) is 0 Å². The van der Waals surface area contributed by atoms with Gasteiger partial charge in [0, 0.05) is 20.3 Å². The molecular formula is C16H17FN6O2S. The summed E-state index contributed by atoms with van der Waals surface area (Å²) in [6, 6.07) is 6.02. The average molecular weight is 376 g/mol. The summed E-state index contributed by atoms with van der Waals surface area (Å²) in [5, 5.41) is 15.5. The van der Waals surface area contributed by atoms with Crippen molar-refractivity contribution in [3.63, 3.8) is 0 Å². The van der Waals surface area contributed by atoms with Crippen molar-refractivity contribution in [2.24, 2.45) is 14.1 Å². The van der Waals surface area contributed by atoms with Crippen LogP contribution in [0.2, 0.25) is 0 Å². The first kappa shape index (κ1) is 17.9. The van der Waals surface area contributed by atoms with Crippen molar-refractivity contribution in [3.8, 4) is 17.3 Å². The first-order chi connectivity index (χ1) is 12.5. The van der Waals surface area contributed by atoms with E-state index in [1.165, 1.54) is 31.0 Å². The number of ether oxygens (including phenoxy) is 1. The summed E-state index contributed by atoms with van der Waals surface area (Å²) < 4.78 is 22.2. The molecule has 8 nitrogen and oxygen atoms in total. The van der Waals surface area contributed by atoms with E-state index in [9.17, 15) is 9.18 Å². The van der Waals surface area contributed by atoms with Gasteiger partial charge < -0.3 is 14.6 Å². The molecule has 0 saturated carbocycles. The minimum Gasteiger partial charge on any atom is -0.479 e. The third-order valence-electron chi connectivity index (χ3n) is 3.54. The van der Waals surface area contributed by atoms with Gasteiger partial charge in [0.2, 0.25) is 11.8 Å². The number of methoxy groups -OCH3 is 1. The van der Waals surface area contributed by atoms with E-state index in [2.05, 4.69) is 20.6 Å². The number of benzene rings is 1. The molecule has 10 heteroatoms. The summed E-state index contributed by atoms with van der Waals surface area (Å²) in [7, 11) is 5.11. The number of aryl methyl sites for hydroxylation is 1. The molecule has 0 saturated heterocycles. The van der Waals surface area contributed by atoms with Crippen LogP contribution in [0, 0.1) is 5.82 Å². The number of amides is 1. The van der Waals surface area contributed by atoms with Crippen LogP contribution < -0.4 is 10.1 Å². The highest BCUT2D eigenvalue weighted by atomic mass is 32.2. The molecule has 0 unspecified atom stereocenters. The molecule has 2 heterocycles. The van der Waals surface area contributed by atoms with Gasteiger partial charge in [-0.2, -0.15) is 0 Å². The molecule has 0 radical (unpaired) electrons. The first-order valence-electron chi connectivity index (χ1n) is 7.64. The van der Waals surface area contributed by atoms with Crippen molar-refractivity contribution in [1.29, 1.82) is 0 Å². The van der Waals surface area contributed by atoms with Gasteiger partial charge in [-0.05, 0) is 12.1 Å². The number of aromatic nitrogens is 5. The van der Waals surface area contributed by atoms with Crippen LogP contribution in [-0.4, -0.2) is 43.3 Å². The lowest BCUT2D eigenvalue weighted by molar-refractivity contribution is -0.113. The van der Waals surface area contributed by atoms with Crippen molar-refractivity contribution in [2.45, 2.75) is 5.16 Å². The number of halogens is 1. The molecule has 1 N–H and O–H groups in total. The van der Waals surface area contributed by atoms with Crippen LogP contribution >= 0.6 is 11.8 Å². The minimum atomic E-state index is -0.476. The largest absolute Gasteiger partial charge is 0.479 e. The second-order valence-electron chi connectivity index (χ2n) is 5.41. The van der Waals surface area contributed by atoms with E-state index < -0.39 is 5.82 Å². The Morgan fingerprint density at radius 2 is 2.08 bits per heavy atom. The molecule has 0 spiro atoms. The average Bonchev–Trinajstić information content (AvgIpc) is 3.17. The summed E-state index contributed by atoms with van der Waals surface area (Å²) >= 11 is 1.20. The highest BCUT2D eigenvalue weighted by Crippen LogP contribution is 2.29. The number of hydrogen-bond donors (Lipinski definition) is 1. The Labute approximate surface area is 153 Å². The molecule has 0 fully saturated rings. The lowest BCUT2D eigenvalue weighted by Crippen LogP contribution is -2.15. The molecule has 1 aromatic carbocycles. The predicted molar refractivity (Wildman–Crippen MR) is 95.5 cm³/mol. The van der Waals surface area contributed by atoms with Gasteiger partial charge >= 0.3 is 0 Å². The standard InChI is InChI=1S/C16H17FN6O2S/c1-22-8-10(15(21-22)25-3)14-19-20-16(23(14)2)26-9-13(24)18-12-7-5-4-6-11(12)17/h4-8H,9H2,1-3H3,(H,18,24). The Bertz CT molecular complexity index is 939. The van der Waals surface area contributed by atoms with Crippen molar-refractivity contribution in [2.75, 3.05) is 18.2 Å². The van der Waals surface area contributed by atoms with Crippen molar-refractivity contribution in [1.82, 2.24) is 24.5 Å². The van der Waals surface area contributed by atoms with Gasteiger partial charge in [0.05, 0.1) is 18.6 Å². The minimum absolute atomic E-state index is 0.0739. The zero-order chi connectivity index (χ0) is 18.7. The number of carbonyl (C=O) groups is 1. The highest BCUT2D eigenvalue weighted by Gasteiger charge is 2.19. The van der Waals surface area contributed by atoms with Gasteiger partial charge in [0.25, 0.3) is 0 Å². The number of para-hydroxylation sites is 1. The van der Waals surface area contributed by atoms with Gasteiger partial charge in [-0.3, -0.25) is 9.48 Å². The molecule has 0 atom stereocenters. The van der Waals surface area contributed by atoms with Gasteiger partial charge in [-0.1, -0.05) is 23.9 Å². The Kier molecular flexibility index (Phi) is 5.21. The van der Waals surface area contributed by atoms with Crippen molar-refractivity contribution < 1.29 is 13.9 Å². The number of carbonyl (C=O) groups excluding carboxylic acids is 1. The summed E-state index contributed by atoms with van der Waals surface area (Å²) in [5.74, 6) is 0.285. The Hall–Kier alpha value is -2.88. The van der Waals surface area contributed by atoms with E-state index in [1.54, 1.807) is 41.7 Å². The molecular weight excluding hydrogens is 359 g/mol. The van der Waals surface area contributed by atoms with Crippen LogP contribution in [0.4, 0.5) is 10.1 Å². The van der Waals surface area contributed by atoms with E-state index in [0.29, 0.717) is 22.4 Å². The Morgan fingerprint density at radius 1 is 1.31 bits per heavy atom. The number of nitrogens with zero attached hydrogens (tertiary/aromatic N) is 5. The quantitative estimate of drug-likeness (QED) is 0.663. The SMILES string of the molecule is COc1nn(C)cc1-c1nnc(SCC(=O)Nc2ccccc2F)n1C. The number of anilines is 1. The monoisotopic (exact) mass is 376 g/mol. The van der Waals surface area contributed by atoms with Crippen LogP contribution in [-0.2, 0) is 18.9 Å². The number of thioether (sulfide) groups is 1. The molecule has 26 heavy (non-hydrogen) atoms. The zero-order valence-corrected chi connectivity index (χ0v) is 15.2. The predicted octanol–water partition coefficient (Wildman–Crippen LogP) is 2.09. The third-order valence-corrected chi connectivity index (χ3v) is 4.56. The van der Waals surface area contributed by atoms with Crippen LogP contribution in [0.15, 0.2) is 35.6 Å². The van der Waals surface area contributed by atoms with Crippen molar-refractivity contribution >= 4 is 23.4 Å². The number of nitrogens with one attached hydrogen (secondary N) is 1.